The van der Waals surface area contributed by atoms with Gasteiger partial charge in [-0.25, -0.2) is 0 Å². The first-order chi connectivity index (χ1) is 18.6. The van der Waals surface area contributed by atoms with Gasteiger partial charge in [0.25, 0.3) is 0 Å². The lowest BCUT2D eigenvalue weighted by molar-refractivity contribution is -0.165. The first kappa shape index (κ1) is 27.3. The van der Waals surface area contributed by atoms with Crippen molar-refractivity contribution in [2.75, 3.05) is 20.7 Å². The molecule has 0 saturated heterocycles. The summed E-state index contributed by atoms with van der Waals surface area (Å²) >= 11 is 0. The Kier molecular flexibility index (Phi) is 7.47. The van der Waals surface area contributed by atoms with E-state index in [4.69, 9.17) is 18.9 Å². The van der Waals surface area contributed by atoms with Crippen LogP contribution in [0.3, 0.4) is 0 Å². The highest BCUT2D eigenvalue weighted by atomic mass is 16.6. The highest BCUT2D eigenvalue weighted by Crippen LogP contribution is 2.55. The minimum absolute atomic E-state index is 0.0478. The molecular formula is C32H39NO6. The Morgan fingerprint density at radius 1 is 1.15 bits per heavy atom. The van der Waals surface area contributed by atoms with Gasteiger partial charge in [-0.15, -0.1) is 0 Å². The van der Waals surface area contributed by atoms with E-state index in [-0.39, 0.29) is 17.9 Å². The van der Waals surface area contributed by atoms with Crippen LogP contribution in [0, 0.1) is 5.92 Å². The molecule has 1 aliphatic carbocycles. The lowest BCUT2D eigenvalue weighted by Gasteiger charge is -2.36. The fourth-order valence-electron chi connectivity index (χ4n) is 6.09. The van der Waals surface area contributed by atoms with Crippen molar-refractivity contribution in [3.8, 4) is 11.5 Å². The smallest absolute Gasteiger partial charge is 0.310 e. The molecule has 2 aromatic rings. The Bertz CT molecular complexity index is 1250. The number of esters is 2. The first-order valence-electron chi connectivity index (χ1n) is 13.8. The van der Waals surface area contributed by atoms with Gasteiger partial charge in [0.2, 0.25) is 0 Å². The predicted octanol–water partition coefficient (Wildman–Crippen LogP) is 4.99. The molecule has 1 spiro atoms. The molecule has 2 heterocycles. The third-order valence-electron chi connectivity index (χ3n) is 7.89. The van der Waals surface area contributed by atoms with Crippen LogP contribution in [0.2, 0.25) is 0 Å². The highest BCUT2D eigenvalue weighted by Gasteiger charge is 2.53. The number of benzene rings is 2. The molecule has 0 N–H and O–H groups in total. The van der Waals surface area contributed by atoms with Gasteiger partial charge >= 0.3 is 11.9 Å². The second-order valence-corrected chi connectivity index (χ2v) is 12.0. The van der Waals surface area contributed by atoms with Crippen molar-refractivity contribution in [1.29, 1.82) is 0 Å². The quantitative estimate of drug-likeness (QED) is 0.367. The lowest BCUT2D eigenvalue weighted by Crippen LogP contribution is -2.44. The van der Waals surface area contributed by atoms with Crippen LogP contribution in [0.4, 0.5) is 0 Å². The summed E-state index contributed by atoms with van der Waals surface area (Å²) in [5, 5.41) is 0. The molecule has 5 rings (SSSR count). The van der Waals surface area contributed by atoms with E-state index in [1.807, 2.05) is 63.2 Å². The number of hydrogen-bond donors (Lipinski definition) is 0. The summed E-state index contributed by atoms with van der Waals surface area (Å²) in [6, 6.07) is 13.8. The van der Waals surface area contributed by atoms with Crippen molar-refractivity contribution in [3.05, 3.63) is 71.3 Å². The van der Waals surface area contributed by atoms with E-state index in [1.54, 1.807) is 7.11 Å². The van der Waals surface area contributed by atoms with E-state index in [2.05, 4.69) is 24.1 Å². The molecule has 208 valence electrons. The van der Waals surface area contributed by atoms with Crippen LogP contribution in [0.1, 0.15) is 56.7 Å². The summed E-state index contributed by atoms with van der Waals surface area (Å²) < 4.78 is 23.8. The van der Waals surface area contributed by atoms with Crippen LogP contribution in [-0.2, 0) is 37.4 Å². The van der Waals surface area contributed by atoms with Gasteiger partial charge in [-0.1, -0.05) is 42.5 Å². The van der Waals surface area contributed by atoms with Gasteiger partial charge < -0.3 is 23.8 Å². The summed E-state index contributed by atoms with van der Waals surface area (Å²) in [6.07, 6.45) is 5.40. The minimum atomic E-state index is -0.641. The van der Waals surface area contributed by atoms with Crippen LogP contribution in [0.25, 0.3) is 0 Å². The molecule has 0 radical (unpaired) electrons. The maximum atomic E-state index is 13.2. The maximum Gasteiger partial charge on any atom is 0.310 e. The molecule has 0 bridgehead atoms. The molecule has 4 atom stereocenters. The SMILES string of the molecule is COc1ccc2c3c1O[C@H]1C[C@@H](OC(=O)C[C@@H](Cc4ccccc4)C(=O)OC(C)(C)C)C=C[C@@]31CCN(C)C2. The first-order valence-corrected chi connectivity index (χ1v) is 13.8. The summed E-state index contributed by atoms with van der Waals surface area (Å²) in [6.45, 7) is 7.27. The Balaban J connectivity index is 1.32. The largest absolute Gasteiger partial charge is 0.493 e. The summed E-state index contributed by atoms with van der Waals surface area (Å²) in [4.78, 5) is 28.5. The van der Waals surface area contributed by atoms with Crippen molar-refractivity contribution in [2.45, 2.75) is 76.2 Å². The van der Waals surface area contributed by atoms with Gasteiger partial charge in [0.15, 0.2) is 11.5 Å². The third-order valence-corrected chi connectivity index (χ3v) is 7.89. The summed E-state index contributed by atoms with van der Waals surface area (Å²) in [7, 11) is 3.80. The van der Waals surface area contributed by atoms with Crippen LogP contribution in [0.15, 0.2) is 54.6 Å². The molecule has 7 heteroatoms. The zero-order valence-corrected chi connectivity index (χ0v) is 23.6. The monoisotopic (exact) mass is 533 g/mol. The average molecular weight is 534 g/mol. The van der Waals surface area contributed by atoms with Gasteiger partial charge in [-0.2, -0.15) is 0 Å². The Morgan fingerprint density at radius 2 is 1.92 bits per heavy atom. The molecular weight excluding hydrogens is 494 g/mol. The molecule has 0 unspecified atom stereocenters. The zero-order chi connectivity index (χ0) is 27.8. The second kappa shape index (κ2) is 10.7. The molecule has 0 aromatic heterocycles. The van der Waals surface area contributed by atoms with Crippen molar-refractivity contribution in [3.63, 3.8) is 0 Å². The summed E-state index contributed by atoms with van der Waals surface area (Å²) in [5.41, 5.74) is 2.50. The van der Waals surface area contributed by atoms with Gasteiger partial charge in [0, 0.05) is 18.5 Å². The average Bonchev–Trinajstić information content (AvgIpc) is 3.14. The number of rotatable bonds is 7. The standard InChI is InChI=1S/C32H39NO6/c1-31(2,3)39-30(35)23(17-21-9-7-6-8-10-21)18-27(34)37-24-13-14-32-15-16-33(4)20-22-11-12-25(36-5)29(28(22)32)38-26(32)19-24/h6-14,23-24,26H,15-20H2,1-5H3/t23-,24+,26+,32+/m1/s1. The fraction of sp³-hybridized carbons (Fsp3) is 0.500. The normalized spacial score (nSPS) is 24.5. The molecule has 7 nitrogen and oxygen atoms in total. The van der Waals surface area contributed by atoms with Gasteiger partial charge in [0.1, 0.15) is 17.8 Å². The van der Waals surface area contributed by atoms with Crippen LogP contribution in [-0.4, -0.2) is 55.3 Å². The highest BCUT2D eigenvalue weighted by molar-refractivity contribution is 5.80. The van der Waals surface area contributed by atoms with Gasteiger partial charge in [0.05, 0.1) is 24.9 Å². The minimum Gasteiger partial charge on any atom is -0.493 e. The Hall–Kier alpha value is -3.32. The fourth-order valence-corrected chi connectivity index (χ4v) is 6.09. The van der Waals surface area contributed by atoms with Crippen LogP contribution in [0.5, 0.6) is 11.5 Å². The summed E-state index contributed by atoms with van der Waals surface area (Å²) in [5.74, 6) is 0.101. The zero-order valence-electron chi connectivity index (χ0n) is 23.6. The van der Waals surface area contributed by atoms with E-state index in [9.17, 15) is 9.59 Å². The Morgan fingerprint density at radius 3 is 2.64 bits per heavy atom. The number of methoxy groups -OCH3 is 1. The predicted molar refractivity (Wildman–Crippen MR) is 148 cm³/mol. The number of ether oxygens (including phenoxy) is 4. The van der Waals surface area contributed by atoms with E-state index in [1.165, 1.54) is 11.1 Å². The van der Waals surface area contributed by atoms with Crippen LogP contribution >= 0.6 is 0 Å². The van der Waals surface area contributed by atoms with E-state index < -0.39 is 29.6 Å². The number of carbonyl (C=O) groups excluding carboxylic acids is 2. The van der Waals surface area contributed by atoms with Crippen molar-refractivity contribution >= 4 is 11.9 Å². The third kappa shape index (κ3) is 5.69. The number of nitrogens with zero attached hydrogens (tertiary/aromatic N) is 1. The van der Waals surface area contributed by atoms with E-state index in [0.29, 0.717) is 12.8 Å². The maximum absolute atomic E-state index is 13.2. The number of hydrogen-bond acceptors (Lipinski definition) is 7. The van der Waals surface area contributed by atoms with E-state index >= 15 is 0 Å². The molecule has 0 fully saturated rings. The molecule has 2 aliphatic heterocycles. The van der Waals surface area contributed by atoms with E-state index in [0.717, 1.165) is 36.6 Å². The van der Waals surface area contributed by atoms with Gasteiger partial charge in [-0.3, -0.25) is 9.59 Å². The topological polar surface area (TPSA) is 74.3 Å². The van der Waals surface area contributed by atoms with Gasteiger partial charge in [-0.05, 0) is 70.5 Å². The van der Waals surface area contributed by atoms with Crippen molar-refractivity contribution in [1.82, 2.24) is 4.90 Å². The number of carbonyl (C=O) groups is 2. The second-order valence-electron chi connectivity index (χ2n) is 12.0. The Labute approximate surface area is 231 Å². The molecule has 39 heavy (non-hydrogen) atoms. The lowest BCUT2D eigenvalue weighted by atomic mass is 9.69. The van der Waals surface area contributed by atoms with Crippen molar-refractivity contribution in [2.24, 2.45) is 5.92 Å². The molecule has 3 aliphatic rings. The van der Waals surface area contributed by atoms with Crippen molar-refractivity contribution < 1.29 is 28.5 Å². The molecule has 2 aromatic carbocycles. The molecule has 0 saturated carbocycles. The molecule has 0 amide bonds. The van der Waals surface area contributed by atoms with Crippen LogP contribution < -0.4 is 9.47 Å².